The zero-order valence-electron chi connectivity index (χ0n) is 14.7. The first-order valence-electron chi connectivity index (χ1n) is 7.93. The number of hydroxylamine groups is 2. The topological polar surface area (TPSA) is 99.1 Å². The lowest BCUT2D eigenvalue weighted by atomic mass is 10.2. The molecule has 0 fully saturated rings. The molecule has 0 bridgehead atoms. The largest absolute Gasteiger partial charge is 0.462 e. The van der Waals surface area contributed by atoms with E-state index < -0.39 is 22.6 Å². The molecule has 0 heterocycles. The van der Waals surface area contributed by atoms with Gasteiger partial charge in [-0.15, -0.1) is 4.65 Å². The standard InChI is InChI=1S/C17H24NO7/c1-4-23-17(21)15-5-7-16(8-6-15)18(22,9-11-24-13(2)19)10-12-25-14(3)20/h5-8,22H,4,9-12H2,1-3H3/q+1. The predicted octanol–water partition coefficient (Wildman–Crippen LogP) is 1.69. The fourth-order valence-electron chi connectivity index (χ4n) is 2.14. The third-order valence-corrected chi connectivity index (χ3v) is 3.39. The second-order valence-electron chi connectivity index (χ2n) is 5.32. The Bertz CT molecular complexity index is 578. The van der Waals surface area contributed by atoms with Crippen LogP contribution in [0.25, 0.3) is 0 Å². The number of quaternary nitrogens is 1. The van der Waals surface area contributed by atoms with Crippen molar-refractivity contribution < 1.29 is 33.8 Å². The minimum atomic E-state index is -0.607. The molecule has 0 atom stereocenters. The molecule has 0 saturated heterocycles. The van der Waals surface area contributed by atoms with Crippen molar-refractivity contribution in [2.75, 3.05) is 32.9 Å². The van der Waals surface area contributed by atoms with Crippen molar-refractivity contribution in [3.05, 3.63) is 29.8 Å². The van der Waals surface area contributed by atoms with E-state index in [0.717, 1.165) is 0 Å². The summed E-state index contributed by atoms with van der Waals surface area (Å²) in [5, 5.41) is 10.9. The van der Waals surface area contributed by atoms with Gasteiger partial charge in [0.2, 0.25) is 0 Å². The zero-order chi connectivity index (χ0) is 18.9. The molecule has 0 amide bonds. The summed E-state index contributed by atoms with van der Waals surface area (Å²) in [6.07, 6.45) is 0. The molecule has 0 aliphatic carbocycles. The third-order valence-electron chi connectivity index (χ3n) is 3.39. The van der Waals surface area contributed by atoms with Crippen molar-refractivity contribution in [3.8, 4) is 0 Å². The maximum absolute atomic E-state index is 11.7. The lowest BCUT2D eigenvalue weighted by molar-refractivity contribution is -0.149. The van der Waals surface area contributed by atoms with E-state index in [-0.39, 0.29) is 32.9 Å². The molecular weight excluding hydrogens is 330 g/mol. The maximum Gasteiger partial charge on any atom is 0.338 e. The van der Waals surface area contributed by atoms with E-state index in [2.05, 4.69) is 0 Å². The summed E-state index contributed by atoms with van der Waals surface area (Å²) in [5.74, 6) is -1.36. The van der Waals surface area contributed by atoms with Crippen LogP contribution in [0, 0.1) is 0 Å². The van der Waals surface area contributed by atoms with Crippen LogP contribution in [-0.4, -0.2) is 56.0 Å². The van der Waals surface area contributed by atoms with Gasteiger partial charge in [-0.2, -0.15) is 0 Å². The van der Waals surface area contributed by atoms with Gasteiger partial charge in [-0.1, -0.05) is 0 Å². The highest BCUT2D eigenvalue weighted by Gasteiger charge is 2.30. The predicted molar refractivity (Wildman–Crippen MR) is 89.0 cm³/mol. The number of rotatable bonds is 9. The summed E-state index contributed by atoms with van der Waals surface area (Å²) in [6, 6.07) is 6.23. The molecule has 25 heavy (non-hydrogen) atoms. The van der Waals surface area contributed by atoms with Crippen LogP contribution < -0.4 is 4.65 Å². The van der Waals surface area contributed by atoms with Gasteiger partial charge in [0.1, 0.15) is 26.3 Å². The summed E-state index contributed by atoms with van der Waals surface area (Å²) < 4.78 is 14.1. The molecule has 1 aromatic carbocycles. The zero-order valence-corrected chi connectivity index (χ0v) is 14.7. The first-order valence-corrected chi connectivity index (χ1v) is 7.93. The van der Waals surface area contributed by atoms with Crippen LogP contribution in [0.4, 0.5) is 5.69 Å². The smallest absolute Gasteiger partial charge is 0.338 e. The van der Waals surface area contributed by atoms with Crippen LogP contribution >= 0.6 is 0 Å². The number of nitrogens with zero attached hydrogens (tertiary/aromatic N) is 1. The molecule has 0 saturated carbocycles. The fourth-order valence-corrected chi connectivity index (χ4v) is 2.14. The SMILES string of the molecule is CCOC(=O)c1ccc([N+](O)(CCOC(C)=O)CCOC(C)=O)cc1. The van der Waals surface area contributed by atoms with Gasteiger partial charge >= 0.3 is 17.9 Å². The van der Waals surface area contributed by atoms with Crippen molar-refractivity contribution in [2.45, 2.75) is 20.8 Å². The minimum absolute atomic E-state index is 0.00840. The van der Waals surface area contributed by atoms with Crippen LogP contribution in [-0.2, 0) is 23.8 Å². The average Bonchev–Trinajstić information content (AvgIpc) is 2.54. The molecule has 1 aromatic rings. The molecule has 8 heteroatoms. The van der Waals surface area contributed by atoms with Crippen molar-refractivity contribution in [2.24, 2.45) is 0 Å². The number of hydrogen-bond donors (Lipinski definition) is 1. The van der Waals surface area contributed by atoms with Crippen molar-refractivity contribution in [3.63, 3.8) is 0 Å². The highest BCUT2D eigenvalue weighted by atomic mass is 16.6. The molecule has 138 valence electrons. The van der Waals surface area contributed by atoms with Crippen LogP contribution in [0.3, 0.4) is 0 Å². The van der Waals surface area contributed by atoms with Gasteiger partial charge in [0.05, 0.1) is 12.2 Å². The third kappa shape index (κ3) is 6.90. The molecule has 0 radical (unpaired) electrons. The number of esters is 3. The van der Waals surface area contributed by atoms with Crippen LogP contribution in [0.15, 0.2) is 24.3 Å². The molecule has 1 N–H and O–H groups in total. The first kappa shape index (κ1) is 20.6. The van der Waals surface area contributed by atoms with Gasteiger partial charge in [-0.3, -0.25) is 9.59 Å². The van der Waals surface area contributed by atoms with Crippen LogP contribution in [0.5, 0.6) is 0 Å². The number of ether oxygens (including phenoxy) is 3. The first-order chi connectivity index (χ1) is 11.8. The summed E-state index contributed by atoms with van der Waals surface area (Å²) in [6.45, 7) is 4.66. The van der Waals surface area contributed by atoms with Gasteiger partial charge in [0.25, 0.3) is 0 Å². The number of carbonyl (C=O) groups is 3. The lowest BCUT2D eigenvalue weighted by Crippen LogP contribution is -2.50. The second-order valence-corrected chi connectivity index (χ2v) is 5.32. The number of benzene rings is 1. The minimum Gasteiger partial charge on any atom is -0.462 e. The molecule has 0 aliphatic heterocycles. The maximum atomic E-state index is 11.7. The molecular formula is C17H24NO7+. The summed E-state index contributed by atoms with van der Waals surface area (Å²) in [5.41, 5.74) is 0.824. The van der Waals surface area contributed by atoms with Gasteiger partial charge < -0.3 is 14.2 Å². The molecule has 0 aromatic heterocycles. The Labute approximate surface area is 146 Å². The van der Waals surface area contributed by atoms with Crippen molar-refractivity contribution in [1.29, 1.82) is 0 Å². The van der Waals surface area contributed by atoms with Crippen LogP contribution in [0.2, 0.25) is 0 Å². The Kier molecular flexibility index (Phi) is 8.03. The van der Waals surface area contributed by atoms with E-state index in [1.807, 2.05) is 0 Å². The number of carbonyl (C=O) groups excluding carboxylic acids is 3. The van der Waals surface area contributed by atoms with Gasteiger partial charge in [-0.25, -0.2) is 10.0 Å². The van der Waals surface area contributed by atoms with Gasteiger partial charge in [0, 0.05) is 26.0 Å². The Morgan fingerprint density at radius 3 is 1.80 bits per heavy atom. The Morgan fingerprint density at radius 1 is 0.920 bits per heavy atom. The van der Waals surface area contributed by atoms with E-state index in [4.69, 9.17) is 14.2 Å². The molecule has 0 unspecified atom stereocenters. The van der Waals surface area contributed by atoms with Gasteiger partial charge in [-0.05, 0) is 19.1 Å². The normalized spacial score (nSPS) is 10.9. The number of hydrogen-bond acceptors (Lipinski definition) is 7. The highest BCUT2D eigenvalue weighted by Crippen LogP contribution is 2.21. The fraction of sp³-hybridized carbons (Fsp3) is 0.471. The van der Waals surface area contributed by atoms with E-state index in [9.17, 15) is 19.6 Å². The van der Waals surface area contributed by atoms with E-state index in [0.29, 0.717) is 11.3 Å². The van der Waals surface area contributed by atoms with E-state index in [1.165, 1.54) is 26.0 Å². The Morgan fingerprint density at radius 2 is 1.40 bits per heavy atom. The second kappa shape index (κ2) is 9.75. The molecule has 8 nitrogen and oxygen atoms in total. The molecule has 0 aliphatic rings. The van der Waals surface area contributed by atoms with Crippen molar-refractivity contribution in [1.82, 2.24) is 4.65 Å². The van der Waals surface area contributed by atoms with Crippen molar-refractivity contribution >= 4 is 23.6 Å². The Hall–Kier alpha value is -2.45. The van der Waals surface area contributed by atoms with E-state index in [1.54, 1.807) is 19.1 Å². The molecule has 1 rings (SSSR count). The molecule has 0 spiro atoms. The quantitative estimate of drug-likeness (QED) is 0.312. The Balaban J connectivity index is 2.90. The van der Waals surface area contributed by atoms with Gasteiger partial charge in [0.15, 0.2) is 5.69 Å². The lowest BCUT2D eigenvalue weighted by Gasteiger charge is -2.29. The monoisotopic (exact) mass is 354 g/mol. The summed E-state index contributed by atoms with van der Waals surface area (Å²) in [7, 11) is 0. The summed E-state index contributed by atoms with van der Waals surface area (Å²) in [4.78, 5) is 33.5. The highest BCUT2D eigenvalue weighted by molar-refractivity contribution is 5.89. The van der Waals surface area contributed by atoms with E-state index >= 15 is 0 Å². The summed E-state index contributed by atoms with van der Waals surface area (Å²) >= 11 is 0. The average molecular weight is 354 g/mol. The van der Waals surface area contributed by atoms with Crippen LogP contribution in [0.1, 0.15) is 31.1 Å².